The normalized spacial score (nSPS) is 29.2. The van der Waals surface area contributed by atoms with Crippen molar-refractivity contribution in [1.82, 2.24) is 20.0 Å². The van der Waals surface area contributed by atoms with Crippen molar-refractivity contribution < 1.29 is 18.8 Å². The molecule has 220 valence electrons. The summed E-state index contributed by atoms with van der Waals surface area (Å²) in [5, 5.41) is 6.95. The van der Waals surface area contributed by atoms with Crippen molar-refractivity contribution in [2.24, 2.45) is 10.9 Å². The van der Waals surface area contributed by atoms with Crippen LogP contribution in [-0.4, -0.2) is 109 Å². The Balaban J connectivity index is 1.16. The summed E-state index contributed by atoms with van der Waals surface area (Å²) >= 11 is 0. The topological polar surface area (TPSA) is 89.5 Å². The molecule has 6 heterocycles. The Bertz CT molecular complexity index is 1270. The van der Waals surface area contributed by atoms with Gasteiger partial charge in [-0.15, -0.1) is 0 Å². The number of methoxy groups -OCH3 is 1. The van der Waals surface area contributed by atoms with Gasteiger partial charge in [0, 0.05) is 50.6 Å². The lowest BCUT2D eigenvalue weighted by atomic mass is 9.84. The van der Waals surface area contributed by atoms with Crippen molar-refractivity contribution in [2.75, 3.05) is 65.3 Å². The molecule has 0 aromatic heterocycles. The number of carbonyl (C=O) groups is 2. The zero-order valence-electron chi connectivity index (χ0n) is 24.5. The largest absolute Gasteiger partial charge is 0.495 e. The second-order valence-corrected chi connectivity index (χ2v) is 12.9. The smallest absolute Gasteiger partial charge is 0.309 e. The van der Waals surface area contributed by atoms with E-state index in [1.165, 1.54) is 25.7 Å². The van der Waals surface area contributed by atoms with Crippen LogP contribution >= 0.6 is 0 Å². The fourth-order valence-corrected chi connectivity index (χ4v) is 7.89. The lowest BCUT2D eigenvalue weighted by Gasteiger charge is -2.48. The number of quaternary nitrogens is 1. The number of likely N-dealkylation sites (N-methyl/N-ethyl adjacent to an activating group) is 1. The molecule has 1 aromatic carbocycles. The number of hydrogen-bond acceptors (Lipinski definition) is 7. The van der Waals surface area contributed by atoms with E-state index in [2.05, 4.69) is 20.4 Å². The van der Waals surface area contributed by atoms with Gasteiger partial charge in [-0.3, -0.25) is 19.4 Å². The molecule has 2 N–H and O–H groups in total. The number of benzene rings is 1. The van der Waals surface area contributed by atoms with Crippen LogP contribution in [0.25, 0.3) is 0 Å². The molecular weight excluding hydrogens is 518 g/mol. The van der Waals surface area contributed by atoms with E-state index in [1.807, 2.05) is 30.1 Å². The summed E-state index contributed by atoms with van der Waals surface area (Å²) in [6.45, 7) is 6.69. The molecule has 6 aliphatic heterocycles. The van der Waals surface area contributed by atoms with Gasteiger partial charge >= 0.3 is 5.96 Å². The molecule has 5 fully saturated rings. The molecular formula is C31H44N7O3+. The van der Waals surface area contributed by atoms with E-state index in [1.54, 1.807) is 7.11 Å². The van der Waals surface area contributed by atoms with E-state index in [0.29, 0.717) is 34.2 Å². The van der Waals surface area contributed by atoms with Crippen LogP contribution in [0, 0.1) is 5.92 Å². The van der Waals surface area contributed by atoms with Crippen LogP contribution in [0.4, 0.5) is 5.69 Å². The van der Waals surface area contributed by atoms with Crippen molar-refractivity contribution in [3.8, 4) is 5.75 Å². The Kier molecular flexibility index (Phi) is 6.93. The van der Waals surface area contributed by atoms with Gasteiger partial charge in [0.1, 0.15) is 18.0 Å². The first-order valence-electron chi connectivity index (χ1n) is 15.6. The number of carbonyl (C=O) groups excluding carboxylic acids is 2. The number of aliphatic imine (C=N–C) groups is 1. The highest BCUT2D eigenvalue weighted by atomic mass is 16.5. The predicted molar refractivity (Wildman–Crippen MR) is 157 cm³/mol. The summed E-state index contributed by atoms with van der Waals surface area (Å²) in [5.41, 5.74) is 2.48. The Morgan fingerprint density at radius 3 is 2.51 bits per heavy atom. The molecule has 8 rings (SSSR count). The monoisotopic (exact) mass is 562 g/mol. The Hall–Kier alpha value is -3.11. The molecule has 1 aromatic rings. The second kappa shape index (κ2) is 10.6. The first kappa shape index (κ1) is 26.8. The van der Waals surface area contributed by atoms with Gasteiger partial charge < -0.3 is 24.8 Å². The molecule has 1 atom stereocenters. The van der Waals surface area contributed by atoms with Gasteiger partial charge in [0.15, 0.2) is 5.82 Å². The average molecular weight is 563 g/mol. The second-order valence-electron chi connectivity index (χ2n) is 12.9. The van der Waals surface area contributed by atoms with Gasteiger partial charge in [-0.2, -0.15) is 4.99 Å². The third-order valence-corrected chi connectivity index (χ3v) is 10.6. The molecule has 10 nitrogen and oxygen atoms in total. The number of nitrogens with zero attached hydrogens (tertiary/aromatic N) is 5. The maximum Gasteiger partial charge on any atom is 0.309 e. The van der Waals surface area contributed by atoms with Crippen molar-refractivity contribution in [3.63, 3.8) is 0 Å². The Labute approximate surface area is 243 Å². The van der Waals surface area contributed by atoms with Crippen molar-refractivity contribution >= 4 is 23.5 Å². The molecule has 2 bridgehead atoms. The first-order chi connectivity index (χ1) is 19.9. The number of hydrogen-bond donors (Lipinski definition) is 2. The summed E-state index contributed by atoms with van der Waals surface area (Å²) in [4.78, 5) is 38.3. The number of rotatable bonds is 5. The van der Waals surface area contributed by atoms with Crippen LogP contribution in [0.3, 0.4) is 0 Å². The maximum absolute atomic E-state index is 13.3. The minimum Gasteiger partial charge on any atom is -0.495 e. The number of piperidine rings is 3. The third-order valence-electron chi connectivity index (χ3n) is 10.6. The Morgan fingerprint density at radius 1 is 1.07 bits per heavy atom. The molecule has 1 spiro atoms. The maximum atomic E-state index is 13.3. The number of nitrogens with one attached hydrogen (secondary N) is 2. The molecule has 1 saturated carbocycles. The first-order valence-corrected chi connectivity index (χ1v) is 15.6. The number of guanidine groups is 1. The van der Waals surface area contributed by atoms with Crippen molar-refractivity contribution in [3.05, 3.63) is 35.3 Å². The average Bonchev–Trinajstić information content (AvgIpc) is 3.48. The van der Waals surface area contributed by atoms with Crippen LogP contribution in [0.2, 0.25) is 0 Å². The molecule has 7 aliphatic rings. The SMILES string of the molecule is COc1cc(C(=O)NC2CN3CCC2CC3)ccc1NC1=NC2=C(C[N+]13CCC3)N(C)C(=O)CCN2C1CCCC1. The van der Waals surface area contributed by atoms with Crippen LogP contribution in [0.5, 0.6) is 5.75 Å². The van der Waals surface area contributed by atoms with Gasteiger partial charge in [-0.05, 0) is 62.9 Å². The summed E-state index contributed by atoms with van der Waals surface area (Å²) in [6, 6.07) is 6.34. The molecule has 1 aliphatic carbocycles. The zero-order chi connectivity index (χ0) is 28.1. The highest BCUT2D eigenvalue weighted by molar-refractivity contribution is 5.97. The predicted octanol–water partition coefficient (Wildman–Crippen LogP) is 2.80. The lowest BCUT2D eigenvalue weighted by Crippen LogP contribution is -2.66. The highest BCUT2D eigenvalue weighted by Gasteiger charge is 2.49. The molecule has 10 heteroatoms. The highest BCUT2D eigenvalue weighted by Crippen LogP contribution is 2.38. The van der Waals surface area contributed by atoms with Gasteiger partial charge in [0.2, 0.25) is 5.91 Å². The van der Waals surface area contributed by atoms with E-state index in [0.717, 1.165) is 88.2 Å². The van der Waals surface area contributed by atoms with E-state index in [9.17, 15) is 9.59 Å². The summed E-state index contributed by atoms with van der Waals surface area (Å²) < 4.78 is 6.52. The Morgan fingerprint density at radius 2 is 1.85 bits per heavy atom. The number of ether oxygens (including phenoxy) is 1. The van der Waals surface area contributed by atoms with Crippen LogP contribution in [0.1, 0.15) is 61.7 Å². The van der Waals surface area contributed by atoms with E-state index in [4.69, 9.17) is 9.73 Å². The number of amides is 2. The van der Waals surface area contributed by atoms with Crippen molar-refractivity contribution in [2.45, 2.75) is 63.5 Å². The van der Waals surface area contributed by atoms with Gasteiger partial charge in [0.05, 0.1) is 25.9 Å². The quantitative estimate of drug-likeness (QED) is 0.537. The molecule has 0 radical (unpaired) electrons. The molecule has 2 amide bonds. The molecule has 4 saturated heterocycles. The van der Waals surface area contributed by atoms with Crippen molar-refractivity contribution in [1.29, 1.82) is 0 Å². The molecule has 1 unspecified atom stereocenters. The minimum atomic E-state index is -0.0389. The lowest BCUT2D eigenvalue weighted by molar-refractivity contribution is -0.878. The molecule has 41 heavy (non-hydrogen) atoms. The summed E-state index contributed by atoms with van der Waals surface area (Å²) in [7, 11) is 3.57. The zero-order valence-corrected chi connectivity index (χ0v) is 24.5. The third kappa shape index (κ3) is 4.78. The van der Waals surface area contributed by atoms with Crippen LogP contribution in [-0.2, 0) is 4.79 Å². The standard InChI is InChI=1S/C31H43N7O3/c1-35-26-20-38(16-5-17-38)31(34-29(26)37(15-12-28(35)39)23-6-3-4-7-23)33-24-9-8-22(18-27(24)41-2)30(40)32-25-19-36-13-10-21(25)11-14-36/h8-9,18,21,23,25H,3-7,10-17,19-20H2,1-2H3,(H-,32,33,34,40)/p+1. The van der Waals surface area contributed by atoms with Gasteiger partial charge in [-0.25, -0.2) is 0 Å². The van der Waals surface area contributed by atoms with Gasteiger partial charge in [0.25, 0.3) is 5.91 Å². The van der Waals surface area contributed by atoms with Gasteiger partial charge in [-0.1, -0.05) is 12.8 Å². The van der Waals surface area contributed by atoms with Crippen LogP contribution < -0.4 is 15.4 Å². The fourth-order valence-electron chi connectivity index (χ4n) is 7.89. The summed E-state index contributed by atoms with van der Waals surface area (Å²) in [5.74, 6) is 3.21. The van der Waals surface area contributed by atoms with E-state index in [-0.39, 0.29) is 17.9 Å². The number of fused-ring (bicyclic) bond motifs is 3. The summed E-state index contributed by atoms with van der Waals surface area (Å²) in [6.07, 6.45) is 8.77. The van der Waals surface area contributed by atoms with E-state index < -0.39 is 0 Å². The van der Waals surface area contributed by atoms with E-state index >= 15 is 0 Å². The minimum absolute atomic E-state index is 0.0389. The number of anilines is 1. The van der Waals surface area contributed by atoms with Crippen LogP contribution in [0.15, 0.2) is 34.7 Å². The fraction of sp³-hybridized carbons (Fsp3) is 0.645.